The first-order chi connectivity index (χ1) is 71.6. The first kappa shape index (κ1) is 114. The molecule has 8 fully saturated rings. The minimum absolute atomic E-state index is 0.0568. The van der Waals surface area contributed by atoms with Gasteiger partial charge in [-0.05, 0) is 413 Å². The van der Waals surface area contributed by atoms with Crippen molar-refractivity contribution < 1.29 is 50.7 Å². The zero-order valence-corrected chi connectivity index (χ0v) is 98.6. The van der Waals surface area contributed by atoms with Gasteiger partial charge in [0.25, 0.3) is 0 Å². The van der Waals surface area contributed by atoms with Gasteiger partial charge in [-0.15, -0.1) is 0 Å². The third-order valence-electron chi connectivity index (χ3n) is 31.0. The number of aromatic hydroxyl groups is 9. The van der Waals surface area contributed by atoms with E-state index in [2.05, 4.69) is 230 Å². The number of unbranched alkanes of at least 4 members (excludes halogenated alkanes) is 1. The second-order valence-corrected chi connectivity index (χ2v) is 62.7. The van der Waals surface area contributed by atoms with Gasteiger partial charge >= 0.3 is 0 Å². The van der Waals surface area contributed by atoms with Crippen molar-refractivity contribution in [3.63, 3.8) is 0 Å². The van der Waals surface area contributed by atoms with Gasteiger partial charge in [-0.2, -0.15) is 0 Å². The van der Waals surface area contributed by atoms with E-state index in [1.807, 2.05) is 85.7 Å². The van der Waals surface area contributed by atoms with E-state index in [9.17, 15) is 46.0 Å². The zero-order valence-electron chi connectivity index (χ0n) is 91.3. The summed E-state index contributed by atoms with van der Waals surface area (Å²) in [7, 11) is 2.85. The Labute approximate surface area is 915 Å². The van der Waals surface area contributed by atoms with Gasteiger partial charge in [0, 0.05) is 158 Å². The SMILES string of the molecule is CCCCOc1ccc([S+]2CC3C4CCC(C4)C3C2)c2ccccc12.C[S+](C)c1ccc(O)c2ccc(O)cc12.C[S+](C)c1ccc(O)c2cccc(O)c12.Cc1cc(O)cc(C)c1[S+]1CCCCC1.Cc1cc([S+]2C(C)CCC2C)cc(C)c1O.Cc1cc([S+]2CCCC2)cc(C)c1O.Cc1cc([S+]2CCCC2C)cc(C)c1O.Cc1cc([S+]2CCCCC2)cc(C)c1O.c1ccc(-[s+]2c3ccccc3c3ccccc32)cc1. The van der Waals surface area contributed by atoms with Crippen molar-refractivity contribution in [2.24, 2.45) is 23.7 Å². The molecular weight excluding hydrogens is 2010 g/mol. The molecule has 9 N–H and O–H groups in total. The number of hydrogen-bond acceptors (Lipinski definition) is 10. The summed E-state index contributed by atoms with van der Waals surface area (Å²) in [6.45, 7) is 30.4. The second-order valence-electron chi connectivity index (χ2n) is 42.4. The van der Waals surface area contributed by atoms with E-state index in [1.165, 1.54) is 224 Å². The second kappa shape index (κ2) is 53.1. The van der Waals surface area contributed by atoms with Crippen LogP contribution in [0.25, 0.3) is 57.4 Å². The van der Waals surface area contributed by atoms with Crippen molar-refractivity contribution in [3.8, 4) is 62.4 Å². The summed E-state index contributed by atoms with van der Waals surface area (Å²) in [5, 5.41) is 98.3. The van der Waals surface area contributed by atoms with Crippen LogP contribution in [0.3, 0.4) is 0 Å². The van der Waals surface area contributed by atoms with Crippen molar-refractivity contribution >= 4 is 150 Å². The van der Waals surface area contributed by atoms with Gasteiger partial charge in [-0.25, -0.2) is 0 Å². The van der Waals surface area contributed by atoms with Crippen molar-refractivity contribution in [1.29, 1.82) is 0 Å². The van der Waals surface area contributed by atoms with Gasteiger partial charge in [0.15, 0.2) is 53.5 Å². The molecule has 6 aliphatic heterocycles. The molecule has 8 atom stereocenters. The van der Waals surface area contributed by atoms with E-state index in [4.69, 9.17) is 4.74 Å². The van der Waals surface area contributed by atoms with Crippen LogP contribution in [-0.2, 0) is 87.2 Å². The maximum Gasteiger partial charge on any atom is 0.187 e. The number of benzene rings is 14. The summed E-state index contributed by atoms with van der Waals surface area (Å²) >= 11 is 0. The Hall–Kier alpha value is -9.12. The average molecular weight is 2170 g/mol. The molecule has 2 bridgehead atoms. The van der Waals surface area contributed by atoms with Crippen LogP contribution < -0.4 is 4.74 Å². The molecule has 149 heavy (non-hydrogen) atoms. The Kier molecular flexibility index (Phi) is 40.6. The lowest BCUT2D eigenvalue weighted by Gasteiger charge is -2.19. The first-order valence-electron chi connectivity index (χ1n) is 53.9. The highest BCUT2D eigenvalue weighted by atomic mass is 32.2. The van der Waals surface area contributed by atoms with Crippen molar-refractivity contribution in [1.82, 2.24) is 0 Å². The number of thiophene rings is 1. The summed E-state index contributed by atoms with van der Waals surface area (Å²) in [6, 6.07) is 80.6. The molecule has 8 unspecified atom stereocenters. The molecule has 2 aliphatic carbocycles. The van der Waals surface area contributed by atoms with E-state index in [0.717, 1.165) is 124 Å². The number of ether oxygens (including phenoxy) is 1. The van der Waals surface area contributed by atoms with Crippen LogP contribution in [0.4, 0.5) is 0 Å². The normalized spacial score (nSPS) is 20.3. The molecule has 7 heterocycles. The quantitative estimate of drug-likeness (QED) is 0.0397. The minimum Gasteiger partial charge on any atom is -0.508 e. The Morgan fingerprint density at radius 3 is 1.23 bits per heavy atom. The summed E-state index contributed by atoms with van der Waals surface area (Å²) in [6.07, 6.45) is 31.8. The Balaban J connectivity index is 0.000000126. The van der Waals surface area contributed by atoms with Gasteiger partial charge < -0.3 is 50.7 Å². The van der Waals surface area contributed by atoms with Crippen LogP contribution in [0.5, 0.6) is 57.5 Å². The molecule has 6 saturated heterocycles. The largest absolute Gasteiger partial charge is 0.508 e. The maximum absolute atomic E-state index is 9.82. The molecule has 19 heteroatoms. The fraction of sp³-hybridized carbons (Fsp3) is 0.400. The van der Waals surface area contributed by atoms with E-state index < -0.39 is 0 Å². The Bertz CT molecular complexity index is 6860. The highest BCUT2D eigenvalue weighted by Crippen LogP contribution is 2.58. The Morgan fingerprint density at radius 1 is 0.315 bits per heavy atom. The Morgan fingerprint density at radius 2 is 0.752 bits per heavy atom. The topological polar surface area (TPSA) is 191 Å². The lowest BCUT2D eigenvalue weighted by molar-refractivity contribution is 0.281. The number of fused-ring (bicyclic) bond motifs is 11. The molecule has 0 radical (unpaired) electrons. The molecule has 0 spiro atoms. The van der Waals surface area contributed by atoms with Crippen LogP contribution in [0.2, 0.25) is 0 Å². The smallest absolute Gasteiger partial charge is 0.187 e. The number of rotatable bonds is 13. The van der Waals surface area contributed by atoms with Crippen molar-refractivity contribution in [2.45, 2.75) is 261 Å². The number of hydrogen-bond donors (Lipinski definition) is 9. The standard InChI is InChI=1S/C23H29OS.C18H13S.C14H20OS.3C13H18OS.2C12H12O2S.C12H16OS/c1-2-3-12-24-22-10-11-23(19-7-5-4-6-18(19)22)25-14-20-16-8-9-17(13-16)21(20)15-25;1-2-8-14(9-3-1)19-17-12-6-4-10-15(17)16-11-5-7-13-18(16)19;1-9-7-13(8-10(2)14(9)15)16-11(3)5-6-12(16)4;1-9-7-12(8-10(2)13(9)14)15-6-4-5-11(15)3;1-10-8-12(9-11(2)13(10)14)15-6-4-3-5-7-15;1-10-8-12(14)9-11(2)13(10)15-6-4-3-5-7-15;1-15(2)12-6-5-11(14)9-4-3-8(13)7-10(9)12;1-15(2)11-7-6-9(13)8-4-3-5-10(14)12(8)11;1-9-7-11(8-10(2)12(9)13)14-5-3-4-6-14/h4-7,10-11,16-17,20-21H,2-3,8-9,12-15H2,1H3;1-13H;7-8,11-12H,5-6H2,1-4H3;7-8,11H,4-6H2,1-3H3;2*8-9H,3-7H2,1-2H3;2*3-7H,1-2H3,(H-,13,14);7-8H,3-6H2,1-2H3/q2*+1;;;;;;;/p+7. The van der Waals surface area contributed by atoms with Crippen molar-refractivity contribution in [3.05, 3.63) is 292 Å². The minimum atomic E-state index is 0.0568. The molecule has 1 aromatic heterocycles. The van der Waals surface area contributed by atoms with Gasteiger partial charge in [-0.1, -0.05) is 86.1 Å². The number of phenols is 9. The van der Waals surface area contributed by atoms with Crippen molar-refractivity contribution in [2.75, 3.05) is 83.4 Å². The van der Waals surface area contributed by atoms with Crippen LogP contribution in [-0.4, -0.2) is 145 Å². The molecule has 0 amide bonds. The highest BCUT2D eigenvalue weighted by molar-refractivity contribution is 7.99. The fourth-order valence-electron chi connectivity index (χ4n) is 23.2. The molecule has 14 aromatic carbocycles. The van der Waals surface area contributed by atoms with Crippen LogP contribution >= 0.6 is 10.5 Å². The van der Waals surface area contributed by atoms with E-state index in [1.54, 1.807) is 53.8 Å². The molecule has 8 aliphatic rings. The van der Waals surface area contributed by atoms with Gasteiger partial charge in [0.05, 0.1) is 12.0 Å². The molecular formula is C130H163O10S9+9. The summed E-state index contributed by atoms with van der Waals surface area (Å²) in [5.74, 6) is 20.9. The number of aryl methyl sites for hydroxylation is 10. The van der Waals surface area contributed by atoms with Gasteiger partial charge in [0.1, 0.15) is 150 Å². The van der Waals surface area contributed by atoms with E-state index in [-0.39, 0.29) is 55.3 Å². The zero-order chi connectivity index (χ0) is 106. The first-order valence-corrected chi connectivity index (χ1v) is 68.3. The fourth-order valence-corrected chi connectivity index (χ4v) is 44.2. The van der Waals surface area contributed by atoms with Gasteiger partial charge in [-0.3, -0.25) is 0 Å². The predicted molar refractivity (Wildman–Crippen MR) is 656 cm³/mol. The average Bonchev–Trinajstić information content (AvgIpc) is 1.59. The molecule has 23 rings (SSSR count). The third-order valence-corrected chi connectivity index (χ3v) is 51.8. The third kappa shape index (κ3) is 27.8. The van der Waals surface area contributed by atoms with Crippen LogP contribution in [0, 0.1) is 92.9 Å². The predicted octanol–water partition coefficient (Wildman–Crippen LogP) is 32.2. The summed E-state index contributed by atoms with van der Waals surface area (Å²) in [4.78, 5) is 12.6. The lowest BCUT2D eigenvalue weighted by atomic mass is 9.82. The molecule has 10 nitrogen and oxygen atoms in total. The maximum atomic E-state index is 9.82. The monoisotopic (exact) mass is 2170 g/mol. The summed E-state index contributed by atoms with van der Waals surface area (Å²) in [5.41, 5.74) is 10.8. The molecule has 788 valence electrons. The van der Waals surface area contributed by atoms with E-state index >= 15 is 0 Å². The highest BCUT2D eigenvalue weighted by Gasteiger charge is 2.57. The van der Waals surface area contributed by atoms with E-state index in [0.29, 0.717) is 99.5 Å². The molecule has 15 aromatic rings. The van der Waals surface area contributed by atoms with Crippen LogP contribution in [0.15, 0.2) is 276 Å². The summed E-state index contributed by atoms with van der Waals surface area (Å²) < 4.78 is 9.01. The lowest BCUT2D eigenvalue weighted by Crippen LogP contribution is -2.19. The number of phenolic OH excluding ortho intramolecular Hbond substituents is 9. The van der Waals surface area contributed by atoms with Crippen LogP contribution in [0.1, 0.15) is 192 Å². The van der Waals surface area contributed by atoms with Gasteiger partial charge in [0.2, 0.25) is 0 Å². The molecule has 2 saturated carbocycles.